The van der Waals surface area contributed by atoms with Crippen LogP contribution in [0, 0.1) is 13.8 Å². The highest BCUT2D eigenvalue weighted by Gasteiger charge is 2.14. The number of aryl methyl sites for hydroxylation is 1. The van der Waals surface area contributed by atoms with Gasteiger partial charge in [0.15, 0.2) is 0 Å². The van der Waals surface area contributed by atoms with Gasteiger partial charge in [-0.1, -0.05) is 18.2 Å². The minimum absolute atomic E-state index is 0. The summed E-state index contributed by atoms with van der Waals surface area (Å²) in [5, 5.41) is 7.33. The highest BCUT2D eigenvalue weighted by Crippen LogP contribution is 2.22. The Kier molecular flexibility index (Phi) is 5.73. The van der Waals surface area contributed by atoms with Gasteiger partial charge in [-0.25, -0.2) is 4.68 Å². The zero-order valence-electron chi connectivity index (χ0n) is 11.6. The number of nitrogens with one attached hydrogen (secondary N) is 1. The maximum atomic E-state index is 11.6. The average Bonchev–Trinajstić information content (AvgIpc) is 2.68. The molecule has 108 valence electrons. The number of rotatable bonds is 4. The Hall–Kier alpha value is -1.85. The highest BCUT2D eigenvalue weighted by molar-refractivity contribution is 5.92. The molecule has 1 aromatic heterocycles. The molecule has 0 saturated heterocycles. The lowest BCUT2D eigenvalue weighted by atomic mass is 10.2. The lowest BCUT2D eigenvalue weighted by Gasteiger charge is -2.06. The van der Waals surface area contributed by atoms with Crippen molar-refractivity contribution < 1.29 is 4.79 Å². The first-order valence-corrected chi connectivity index (χ1v) is 6.25. The van der Waals surface area contributed by atoms with Crippen molar-refractivity contribution in [1.82, 2.24) is 9.78 Å². The molecule has 0 spiro atoms. The molecule has 0 radical (unpaired) electrons. The van der Waals surface area contributed by atoms with Gasteiger partial charge in [-0.15, -0.1) is 12.4 Å². The van der Waals surface area contributed by atoms with Crippen molar-refractivity contribution in [3.05, 3.63) is 41.7 Å². The summed E-state index contributed by atoms with van der Waals surface area (Å²) in [5.74, 6) is -0.0821. The molecule has 0 aliphatic carbocycles. The Bertz CT molecular complexity index is 580. The first-order valence-electron chi connectivity index (χ1n) is 6.25. The van der Waals surface area contributed by atoms with E-state index in [2.05, 4.69) is 10.4 Å². The van der Waals surface area contributed by atoms with Crippen molar-refractivity contribution in [3.8, 4) is 5.69 Å². The number of anilines is 1. The fourth-order valence-electron chi connectivity index (χ4n) is 1.98. The van der Waals surface area contributed by atoms with Gasteiger partial charge in [0.1, 0.15) is 0 Å². The quantitative estimate of drug-likeness (QED) is 0.908. The molecule has 0 unspecified atom stereocenters. The van der Waals surface area contributed by atoms with Crippen LogP contribution in [0.4, 0.5) is 5.69 Å². The second-order valence-corrected chi connectivity index (χ2v) is 4.38. The first-order chi connectivity index (χ1) is 9.13. The Balaban J connectivity index is 0.00000200. The molecule has 6 heteroatoms. The van der Waals surface area contributed by atoms with Gasteiger partial charge in [0.25, 0.3) is 0 Å². The van der Waals surface area contributed by atoms with Gasteiger partial charge in [0, 0.05) is 13.0 Å². The van der Waals surface area contributed by atoms with Crippen LogP contribution >= 0.6 is 12.4 Å². The van der Waals surface area contributed by atoms with Gasteiger partial charge in [-0.3, -0.25) is 4.79 Å². The fourth-order valence-corrected chi connectivity index (χ4v) is 1.98. The minimum atomic E-state index is -0.0821. The molecule has 2 rings (SSSR count). The molecule has 0 bridgehead atoms. The van der Waals surface area contributed by atoms with Crippen molar-refractivity contribution in [2.75, 3.05) is 11.9 Å². The molecule has 3 N–H and O–H groups in total. The van der Waals surface area contributed by atoms with E-state index in [9.17, 15) is 4.79 Å². The fraction of sp³-hybridized carbons (Fsp3) is 0.286. The number of para-hydroxylation sites is 1. The van der Waals surface area contributed by atoms with Crippen molar-refractivity contribution in [3.63, 3.8) is 0 Å². The lowest BCUT2D eigenvalue weighted by Crippen LogP contribution is -2.17. The predicted molar refractivity (Wildman–Crippen MR) is 82.6 cm³/mol. The largest absolute Gasteiger partial charge is 0.330 e. The number of carbonyl (C=O) groups is 1. The molecular formula is C14H19ClN4O. The monoisotopic (exact) mass is 294 g/mol. The zero-order chi connectivity index (χ0) is 13.8. The summed E-state index contributed by atoms with van der Waals surface area (Å²) >= 11 is 0. The standard InChI is InChI=1S/C14H18N4O.ClH/c1-10-14(16-13(19)8-9-15)11(2)18(17-10)12-6-4-3-5-7-12;/h3-7H,8-9,15H2,1-2H3,(H,16,19);1H. The maximum Gasteiger partial charge on any atom is 0.225 e. The van der Waals surface area contributed by atoms with Crippen LogP contribution in [-0.4, -0.2) is 22.2 Å². The molecule has 5 nitrogen and oxygen atoms in total. The van der Waals surface area contributed by atoms with E-state index in [-0.39, 0.29) is 18.3 Å². The Morgan fingerprint density at radius 3 is 2.55 bits per heavy atom. The third-order valence-corrected chi connectivity index (χ3v) is 2.93. The summed E-state index contributed by atoms with van der Waals surface area (Å²) in [6, 6.07) is 9.83. The van der Waals surface area contributed by atoms with E-state index in [1.165, 1.54) is 0 Å². The third kappa shape index (κ3) is 3.37. The Morgan fingerprint density at radius 1 is 1.30 bits per heavy atom. The van der Waals surface area contributed by atoms with Crippen LogP contribution < -0.4 is 11.1 Å². The van der Waals surface area contributed by atoms with E-state index in [0.717, 1.165) is 22.8 Å². The van der Waals surface area contributed by atoms with Crippen LogP contribution in [0.1, 0.15) is 17.8 Å². The van der Waals surface area contributed by atoms with E-state index < -0.39 is 0 Å². The molecule has 1 heterocycles. The molecule has 2 aromatic rings. The topological polar surface area (TPSA) is 72.9 Å². The average molecular weight is 295 g/mol. The number of carbonyl (C=O) groups excluding carboxylic acids is 1. The number of nitrogens with two attached hydrogens (primary N) is 1. The minimum Gasteiger partial charge on any atom is -0.330 e. The van der Waals surface area contributed by atoms with Crippen LogP contribution in [-0.2, 0) is 4.79 Å². The zero-order valence-corrected chi connectivity index (χ0v) is 12.4. The van der Waals surface area contributed by atoms with Crippen molar-refractivity contribution in [2.24, 2.45) is 5.73 Å². The number of halogens is 1. The van der Waals surface area contributed by atoms with Crippen molar-refractivity contribution >= 4 is 24.0 Å². The molecule has 0 aliphatic rings. The van der Waals surface area contributed by atoms with Gasteiger partial charge >= 0.3 is 0 Å². The maximum absolute atomic E-state index is 11.6. The number of amides is 1. The Morgan fingerprint density at radius 2 is 1.95 bits per heavy atom. The Labute approximate surface area is 124 Å². The summed E-state index contributed by atoms with van der Waals surface area (Å²) in [6.45, 7) is 4.16. The number of hydrogen-bond donors (Lipinski definition) is 2. The molecule has 1 amide bonds. The second-order valence-electron chi connectivity index (χ2n) is 4.38. The van der Waals surface area contributed by atoms with Gasteiger partial charge < -0.3 is 11.1 Å². The van der Waals surface area contributed by atoms with Crippen LogP contribution in [0.5, 0.6) is 0 Å². The van der Waals surface area contributed by atoms with Crippen LogP contribution in [0.15, 0.2) is 30.3 Å². The van der Waals surface area contributed by atoms with Crippen molar-refractivity contribution in [1.29, 1.82) is 0 Å². The molecule has 0 saturated carbocycles. The number of hydrogen-bond acceptors (Lipinski definition) is 3. The lowest BCUT2D eigenvalue weighted by molar-refractivity contribution is -0.116. The van der Waals surface area contributed by atoms with Crippen LogP contribution in [0.25, 0.3) is 5.69 Å². The predicted octanol–water partition coefficient (Wildman–Crippen LogP) is 2.20. The second kappa shape index (κ2) is 7.07. The van der Waals surface area contributed by atoms with E-state index in [1.54, 1.807) is 0 Å². The molecule has 0 atom stereocenters. The SMILES string of the molecule is Cc1nn(-c2ccccc2)c(C)c1NC(=O)CCN.Cl. The van der Waals surface area contributed by atoms with Crippen LogP contribution in [0.3, 0.4) is 0 Å². The summed E-state index contributed by atoms with van der Waals surface area (Å²) in [7, 11) is 0. The molecule has 0 aliphatic heterocycles. The van der Waals surface area contributed by atoms with Gasteiger partial charge in [0.05, 0.1) is 22.8 Å². The molecular weight excluding hydrogens is 276 g/mol. The molecule has 0 fully saturated rings. The number of aromatic nitrogens is 2. The first kappa shape index (κ1) is 16.2. The summed E-state index contributed by atoms with van der Waals surface area (Å²) in [4.78, 5) is 11.6. The van der Waals surface area contributed by atoms with Gasteiger partial charge in [-0.05, 0) is 26.0 Å². The molecule has 20 heavy (non-hydrogen) atoms. The van der Waals surface area contributed by atoms with E-state index in [1.807, 2.05) is 48.9 Å². The third-order valence-electron chi connectivity index (χ3n) is 2.93. The number of benzene rings is 1. The summed E-state index contributed by atoms with van der Waals surface area (Å²) in [5.41, 5.74) is 8.82. The normalized spacial score (nSPS) is 9.95. The summed E-state index contributed by atoms with van der Waals surface area (Å²) in [6.07, 6.45) is 0.315. The van der Waals surface area contributed by atoms with E-state index in [4.69, 9.17) is 5.73 Å². The van der Waals surface area contributed by atoms with Crippen molar-refractivity contribution in [2.45, 2.75) is 20.3 Å². The van der Waals surface area contributed by atoms with Gasteiger partial charge in [-0.2, -0.15) is 5.10 Å². The van der Waals surface area contributed by atoms with Gasteiger partial charge in [0.2, 0.25) is 5.91 Å². The smallest absolute Gasteiger partial charge is 0.225 e. The highest BCUT2D eigenvalue weighted by atomic mass is 35.5. The summed E-state index contributed by atoms with van der Waals surface area (Å²) < 4.78 is 1.83. The van der Waals surface area contributed by atoms with Crippen LogP contribution in [0.2, 0.25) is 0 Å². The molecule has 1 aromatic carbocycles. The van der Waals surface area contributed by atoms with E-state index in [0.29, 0.717) is 13.0 Å². The number of nitrogens with zero attached hydrogens (tertiary/aromatic N) is 2. The van der Waals surface area contributed by atoms with E-state index >= 15 is 0 Å².